The molecule has 0 fully saturated rings. The first kappa shape index (κ1) is 81.1. The number of esters is 4. The van der Waals surface area contributed by atoms with Crippen LogP contribution in [0.4, 0.5) is 0 Å². The first-order valence-electron chi connectivity index (χ1n) is 33.4. The molecule has 0 aliphatic heterocycles. The number of hydrogen-bond donors (Lipinski definition) is 3. The minimum atomic E-state index is -4.95. The van der Waals surface area contributed by atoms with E-state index in [2.05, 4.69) is 48.5 Å². The fourth-order valence-electron chi connectivity index (χ4n) is 9.45. The van der Waals surface area contributed by atoms with Crippen molar-refractivity contribution in [3.8, 4) is 0 Å². The highest BCUT2D eigenvalue weighted by atomic mass is 31.2. The number of hydrogen-bond acceptors (Lipinski definition) is 15. The van der Waals surface area contributed by atoms with Crippen molar-refractivity contribution in [3.05, 3.63) is 0 Å². The molecule has 0 aliphatic rings. The van der Waals surface area contributed by atoms with E-state index in [0.717, 1.165) is 108 Å². The highest BCUT2D eigenvalue weighted by Crippen LogP contribution is 2.45. The molecule has 0 saturated heterocycles. The minimum absolute atomic E-state index is 0.101. The van der Waals surface area contributed by atoms with Crippen LogP contribution < -0.4 is 0 Å². The van der Waals surface area contributed by atoms with Crippen LogP contribution in [0.2, 0.25) is 0 Å². The molecule has 0 heterocycles. The first-order valence-corrected chi connectivity index (χ1v) is 36.4. The quantitative estimate of drug-likeness (QED) is 0.0222. The SMILES string of the molecule is CCCCCCCCCCC(=O)OC[C@H](COP(=O)(O)OC[C@H](O)COP(=O)(O)OC[C@@H](COC(=O)CCCCCCCCCCCC(C)C)OC(=O)CCCCCCCCCCCCC(C)CC)OC(=O)CCCCCCCCC(C)C. The molecule has 0 saturated carbocycles. The number of aliphatic hydroxyl groups is 1. The van der Waals surface area contributed by atoms with Gasteiger partial charge in [0.1, 0.15) is 19.3 Å². The third-order valence-electron chi connectivity index (χ3n) is 15.0. The van der Waals surface area contributed by atoms with Gasteiger partial charge >= 0.3 is 39.5 Å². The van der Waals surface area contributed by atoms with Crippen LogP contribution in [0.15, 0.2) is 0 Å². The van der Waals surface area contributed by atoms with Crippen molar-refractivity contribution in [3.63, 3.8) is 0 Å². The summed E-state index contributed by atoms with van der Waals surface area (Å²) in [6, 6.07) is 0. The molecule has 0 rings (SSSR count). The van der Waals surface area contributed by atoms with Crippen molar-refractivity contribution >= 4 is 39.5 Å². The average Bonchev–Trinajstić information content (AvgIpc) is 3.44. The smallest absolute Gasteiger partial charge is 0.462 e. The van der Waals surface area contributed by atoms with Gasteiger partial charge in [0.05, 0.1) is 26.4 Å². The molecule has 83 heavy (non-hydrogen) atoms. The minimum Gasteiger partial charge on any atom is -0.462 e. The third-order valence-corrected chi connectivity index (χ3v) is 16.9. The Balaban J connectivity index is 5.23. The van der Waals surface area contributed by atoms with Crippen molar-refractivity contribution in [2.45, 2.75) is 330 Å². The van der Waals surface area contributed by atoms with E-state index in [1.54, 1.807) is 0 Å². The van der Waals surface area contributed by atoms with Gasteiger partial charge in [0.2, 0.25) is 0 Å². The number of aliphatic hydroxyl groups excluding tert-OH is 1. The molecule has 0 aromatic heterocycles. The van der Waals surface area contributed by atoms with Crippen LogP contribution in [0.3, 0.4) is 0 Å². The zero-order chi connectivity index (χ0) is 61.7. The maximum atomic E-state index is 13.0. The number of phosphoric acid groups is 2. The molecule has 0 radical (unpaired) electrons. The van der Waals surface area contributed by atoms with Gasteiger partial charge in [-0.25, -0.2) is 9.13 Å². The molecule has 0 spiro atoms. The maximum Gasteiger partial charge on any atom is 0.472 e. The molecule has 0 aliphatic carbocycles. The van der Waals surface area contributed by atoms with Crippen LogP contribution in [0.1, 0.15) is 312 Å². The lowest BCUT2D eigenvalue weighted by molar-refractivity contribution is -0.161. The fraction of sp³-hybridized carbons (Fsp3) is 0.938. The van der Waals surface area contributed by atoms with Crippen LogP contribution in [-0.4, -0.2) is 96.7 Å². The summed E-state index contributed by atoms with van der Waals surface area (Å²) in [5.74, 6) is 0.0747. The second-order valence-electron chi connectivity index (χ2n) is 24.3. The number of phosphoric ester groups is 2. The summed E-state index contributed by atoms with van der Waals surface area (Å²) in [4.78, 5) is 72.1. The topological polar surface area (TPSA) is 237 Å². The van der Waals surface area contributed by atoms with Crippen LogP contribution in [0.5, 0.6) is 0 Å². The molecule has 3 unspecified atom stereocenters. The Morgan fingerprint density at radius 3 is 0.916 bits per heavy atom. The molecule has 19 heteroatoms. The molecule has 0 amide bonds. The molecular formula is C64H124O17P2. The average molecular weight is 1230 g/mol. The van der Waals surface area contributed by atoms with Gasteiger partial charge in [0.25, 0.3) is 0 Å². The Hall–Kier alpha value is -1.94. The van der Waals surface area contributed by atoms with Gasteiger partial charge in [-0.2, -0.15) is 0 Å². The van der Waals surface area contributed by atoms with Gasteiger partial charge in [-0.15, -0.1) is 0 Å². The molecule has 0 aromatic carbocycles. The lowest BCUT2D eigenvalue weighted by Crippen LogP contribution is -2.30. The van der Waals surface area contributed by atoms with Gasteiger partial charge < -0.3 is 33.8 Å². The summed E-state index contributed by atoms with van der Waals surface area (Å²) in [7, 11) is -9.89. The summed E-state index contributed by atoms with van der Waals surface area (Å²) < 4.78 is 67.9. The summed E-state index contributed by atoms with van der Waals surface area (Å²) in [6.45, 7) is 11.7. The Morgan fingerprint density at radius 1 is 0.349 bits per heavy atom. The summed E-state index contributed by atoms with van der Waals surface area (Å²) in [5.41, 5.74) is 0. The second kappa shape index (κ2) is 55.4. The van der Waals surface area contributed by atoms with Gasteiger partial charge in [-0.05, 0) is 43.4 Å². The van der Waals surface area contributed by atoms with Crippen molar-refractivity contribution in [1.29, 1.82) is 0 Å². The molecule has 3 N–H and O–H groups in total. The van der Waals surface area contributed by atoms with Gasteiger partial charge in [-0.1, -0.05) is 260 Å². The van der Waals surface area contributed by atoms with E-state index in [0.29, 0.717) is 31.6 Å². The lowest BCUT2D eigenvalue weighted by Gasteiger charge is -2.21. The predicted octanol–water partition coefficient (Wildman–Crippen LogP) is 17.5. The Kier molecular flexibility index (Phi) is 54.1. The normalized spacial score (nSPS) is 14.7. The number of carbonyl (C=O) groups is 4. The molecule has 6 atom stereocenters. The summed E-state index contributed by atoms with van der Waals surface area (Å²) >= 11 is 0. The number of carbonyl (C=O) groups excluding carboxylic acids is 4. The Bertz CT molecular complexity index is 1650. The summed E-state index contributed by atoms with van der Waals surface area (Å²) in [5, 5.41) is 10.5. The largest absolute Gasteiger partial charge is 0.472 e. The van der Waals surface area contributed by atoms with E-state index in [4.69, 9.17) is 37.0 Å². The van der Waals surface area contributed by atoms with Gasteiger partial charge in [0, 0.05) is 25.7 Å². The van der Waals surface area contributed by atoms with Crippen molar-refractivity contribution < 1.29 is 80.2 Å². The van der Waals surface area contributed by atoms with E-state index in [9.17, 15) is 43.2 Å². The van der Waals surface area contributed by atoms with Crippen LogP contribution >= 0.6 is 15.6 Å². The van der Waals surface area contributed by atoms with E-state index in [-0.39, 0.29) is 25.7 Å². The first-order chi connectivity index (χ1) is 39.8. The van der Waals surface area contributed by atoms with Crippen LogP contribution in [-0.2, 0) is 65.4 Å². The molecule has 0 aromatic rings. The Labute approximate surface area is 505 Å². The maximum absolute atomic E-state index is 13.0. The van der Waals surface area contributed by atoms with Crippen LogP contribution in [0.25, 0.3) is 0 Å². The number of unbranched alkanes of at least 4 members (excludes halogenated alkanes) is 29. The van der Waals surface area contributed by atoms with E-state index in [1.807, 2.05) is 0 Å². The molecule has 492 valence electrons. The van der Waals surface area contributed by atoms with Crippen molar-refractivity contribution in [1.82, 2.24) is 0 Å². The van der Waals surface area contributed by atoms with Crippen LogP contribution in [0, 0.1) is 17.8 Å². The van der Waals surface area contributed by atoms with Gasteiger partial charge in [0.15, 0.2) is 12.2 Å². The monoisotopic (exact) mass is 1230 g/mol. The van der Waals surface area contributed by atoms with Crippen molar-refractivity contribution in [2.24, 2.45) is 17.8 Å². The third kappa shape index (κ3) is 57.6. The van der Waals surface area contributed by atoms with E-state index < -0.39 is 97.5 Å². The van der Waals surface area contributed by atoms with E-state index in [1.165, 1.54) is 116 Å². The highest BCUT2D eigenvalue weighted by molar-refractivity contribution is 7.47. The zero-order valence-electron chi connectivity index (χ0n) is 53.6. The lowest BCUT2D eigenvalue weighted by atomic mass is 9.99. The zero-order valence-corrected chi connectivity index (χ0v) is 55.4. The number of rotatable bonds is 62. The van der Waals surface area contributed by atoms with E-state index >= 15 is 0 Å². The Morgan fingerprint density at radius 2 is 0.614 bits per heavy atom. The molecule has 0 bridgehead atoms. The standard InChI is InChI=1S/C64H124O17P2/c1-8-10-11-12-13-23-31-38-45-61(66)74-52-60(81-64(69)48-41-34-27-26-29-36-43-56(5)6)54-79-83(72,73)77-50-58(65)49-76-82(70,71)78-53-59(51-75-62(67)46-39-32-24-20-16-17-21-28-35-42-55(3)4)80-63(68)47-40-33-25-19-15-14-18-22-30-37-44-57(7)9-2/h55-60,65H,8-54H2,1-7H3,(H,70,71)(H,72,73)/t57?,58-,59-,60-/m1/s1. The fourth-order valence-corrected chi connectivity index (χ4v) is 11.0. The second-order valence-corrected chi connectivity index (χ2v) is 27.3. The molecular weight excluding hydrogens is 1100 g/mol. The number of ether oxygens (including phenoxy) is 4. The highest BCUT2D eigenvalue weighted by Gasteiger charge is 2.30. The predicted molar refractivity (Wildman–Crippen MR) is 331 cm³/mol. The summed E-state index contributed by atoms with van der Waals surface area (Å²) in [6.07, 6.45) is 36.3. The van der Waals surface area contributed by atoms with Gasteiger partial charge in [-0.3, -0.25) is 37.3 Å². The molecule has 17 nitrogen and oxygen atoms in total. The van der Waals surface area contributed by atoms with Crippen molar-refractivity contribution in [2.75, 3.05) is 39.6 Å².